The van der Waals surface area contributed by atoms with Crippen molar-refractivity contribution in [3.63, 3.8) is 0 Å². The lowest BCUT2D eigenvalue weighted by atomic mass is 10.2. The number of benzene rings is 1. The predicted molar refractivity (Wildman–Crippen MR) is 64.7 cm³/mol. The zero-order valence-corrected chi connectivity index (χ0v) is 10.8. The lowest BCUT2D eigenvalue weighted by molar-refractivity contribution is -0.146. The SMILES string of the molecule is O=C(NCCC(O)C(=O)O)c1ccc(Br)cc1F. The molecule has 0 aliphatic heterocycles. The molecule has 0 bridgehead atoms. The van der Waals surface area contributed by atoms with Crippen LogP contribution in [0.3, 0.4) is 0 Å². The van der Waals surface area contributed by atoms with Gasteiger partial charge in [0.2, 0.25) is 0 Å². The number of rotatable bonds is 5. The van der Waals surface area contributed by atoms with Gasteiger partial charge in [-0.3, -0.25) is 4.79 Å². The van der Waals surface area contributed by atoms with E-state index in [1.807, 2.05) is 0 Å². The second-order valence-corrected chi connectivity index (χ2v) is 4.44. The summed E-state index contributed by atoms with van der Waals surface area (Å²) < 4.78 is 13.9. The van der Waals surface area contributed by atoms with Gasteiger partial charge >= 0.3 is 5.97 Å². The smallest absolute Gasteiger partial charge is 0.332 e. The average molecular weight is 320 g/mol. The maximum atomic E-state index is 13.4. The van der Waals surface area contributed by atoms with Gasteiger partial charge in [0.1, 0.15) is 5.82 Å². The largest absolute Gasteiger partial charge is 0.479 e. The van der Waals surface area contributed by atoms with Crippen LogP contribution in [0.2, 0.25) is 0 Å². The number of aliphatic hydroxyl groups excluding tert-OH is 1. The molecule has 98 valence electrons. The molecule has 3 N–H and O–H groups in total. The van der Waals surface area contributed by atoms with Gasteiger partial charge in [-0.05, 0) is 18.2 Å². The Morgan fingerprint density at radius 1 is 1.44 bits per heavy atom. The molecule has 18 heavy (non-hydrogen) atoms. The molecule has 0 aliphatic rings. The van der Waals surface area contributed by atoms with Crippen molar-refractivity contribution < 1.29 is 24.2 Å². The molecule has 0 spiro atoms. The van der Waals surface area contributed by atoms with Crippen LogP contribution < -0.4 is 5.32 Å². The Labute approximate surface area is 111 Å². The van der Waals surface area contributed by atoms with E-state index in [0.717, 1.165) is 6.07 Å². The van der Waals surface area contributed by atoms with Gasteiger partial charge in [0.15, 0.2) is 6.10 Å². The summed E-state index contributed by atoms with van der Waals surface area (Å²) in [5, 5.41) is 19.7. The highest BCUT2D eigenvalue weighted by molar-refractivity contribution is 9.10. The van der Waals surface area contributed by atoms with E-state index in [2.05, 4.69) is 21.2 Å². The highest BCUT2D eigenvalue weighted by Crippen LogP contribution is 2.15. The van der Waals surface area contributed by atoms with Crippen LogP contribution >= 0.6 is 15.9 Å². The monoisotopic (exact) mass is 319 g/mol. The number of carboxylic acids is 1. The lowest BCUT2D eigenvalue weighted by Gasteiger charge is -2.08. The normalized spacial score (nSPS) is 11.9. The Morgan fingerprint density at radius 3 is 2.67 bits per heavy atom. The van der Waals surface area contributed by atoms with Crippen LogP contribution in [0.25, 0.3) is 0 Å². The highest BCUT2D eigenvalue weighted by atomic mass is 79.9. The van der Waals surface area contributed by atoms with Gasteiger partial charge in [-0.2, -0.15) is 0 Å². The van der Waals surface area contributed by atoms with Crippen molar-refractivity contribution in [2.75, 3.05) is 6.54 Å². The quantitative estimate of drug-likeness (QED) is 0.760. The number of halogens is 2. The molecule has 0 aliphatic carbocycles. The molecule has 0 radical (unpaired) electrons. The minimum atomic E-state index is -1.54. The number of carbonyl (C=O) groups is 2. The fraction of sp³-hybridized carbons (Fsp3) is 0.273. The molecule has 0 saturated heterocycles. The number of carbonyl (C=O) groups excluding carboxylic acids is 1. The van der Waals surface area contributed by atoms with Gasteiger partial charge in [0, 0.05) is 17.4 Å². The first kappa shape index (κ1) is 14.6. The zero-order valence-electron chi connectivity index (χ0n) is 9.19. The van der Waals surface area contributed by atoms with Crippen LogP contribution in [0.4, 0.5) is 4.39 Å². The summed E-state index contributed by atoms with van der Waals surface area (Å²) in [6.45, 7) is -0.0538. The van der Waals surface area contributed by atoms with Gasteiger partial charge in [-0.25, -0.2) is 9.18 Å². The Kier molecular flexibility index (Phi) is 5.24. The number of carboxylic acid groups (broad SMARTS) is 1. The third kappa shape index (κ3) is 4.08. The Hall–Kier alpha value is -1.47. The van der Waals surface area contributed by atoms with E-state index in [0.29, 0.717) is 4.47 Å². The van der Waals surface area contributed by atoms with Crippen molar-refractivity contribution in [1.82, 2.24) is 5.32 Å². The van der Waals surface area contributed by atoms with Crippen LogP contribution in [0.1, 0.15) is 16.8 Å². The molecular weight excluding hydrogens is 309 g/mol. The summed E-state index contributed by atoms with van der Waals surface area (Å²) in [5.41, 5.74) is -0.136. The third-order valence-electron chi connectivity index (χ3n) is 2.16. The first-order valence-corrected chi connectivity index (χ1v) is 5.85. The molecule has 0 heterocycles. The molecule has 7 heteroatoms. The third-order valence-corrected chi connectivity index (χ3v) is 2.66. The molecule has 1 rings (SSSR count). The molecule has 1 aromatic rings. The first-order chi connectivity index (χ1) is 8.41. The molecule has 1 atom stereocenters. The molecular formula is C11H11BrFNO4. The zero-order chi connectivity index (χ0) is 13.7. The van der Waals surface area contributed by atoms with Crippen LogP contribution in [-0.2, 0) is 4.79 Å². The van der Waals surface area contributed by atoms with Crippen molar-refractivity contribution in [1.29, 1.82) is 0 Å². The van der Waals surface area contributed by atoms with Gasteiger partial charge in [0.05, 0.1) is 5.56 Å². The molecule has 5 nitrogen and oxygen atoms in total. The summed E-state index contributed by atoms with van der Waals surface area (Å²) in [7, 11) is 0. The van der Waals surface area contributed by atoms with E-state index in [4.69, 9.17) is 10.2 Å². The minimum Gasteiger partial charge on any atom is -0.479 e. The molecule has 1 aromatic carbocycles. The fourth-order valence-corrected chi connectivity index (χ4v) is 1.55. The van der Waals surface area contributed by atoms with E-state index in [1.54, 1.807) is 0 Å². The maximum Gasteiger partial charge on any atom is 0.332 e. The summed E-state index contributed by atoms with van der Waals surface area (Å²) in [6, 6.07) is 3.98. The van der Waals surface area contributed by atoms with E-state index in [1.165, 1.54) is 12.1 Å². The molecule has 0 aromatic heterocycles. The van der Waals surface area contributed by atoms with Crippen molar-refractivity contribution in [2.45, 2.75) is 12.5 Å². The lowest BCUT2D eigenvalue weighted by Crippen LogP contribution is -2.30. The van der Waals surface area contributed by atoms with E-state index in [-0.39, 0.29) is 18.5 Å². The van der Waals surface area contributed by atoms with Gasteiger partial charge < -0.3 is 15.5 Å². The number of aliphatic carboxylic acids is 1. The molecule has 1 amide bonds. The number of amides is 1. The Balaban J connectivity index is 2.53. The number of hydrogen-bond acceptors (Lipinski definition) is 3. The van der Waals surface area contributed by atoms with Gasteiger partial charge in [-0.15, -0.1) is 0 Å². The second-order valence-electron chi connectivity index (χ2n) is 3.52. The molecule has 1 unspecified atom stereocenters. The second kappa shape index (κ2) is 6.46. The van der Waals surface area contributed by atoms with Crippen LogP contribution in [-0.4, -0.2) is 34.7 Å². The minimum absolute atomic E-state index is 0.0538. The van der Waals surface area contributed by atoms with Crippen molar-refractivity contribution in [3.8, 4) is 0 Å². The van der Waals surface area contributed by atoms with Crippen molar-refractivity contribution in [2.24, 2.45) is 0 Å². The fourth-order valence-electron chi connectivity index (χ4n) is 1.21. The molecule has 0 saturated carbocycles. The molecule has 0 fully saturated rings. The van der Waals surface area contributed by atoms with Crippen molar-refractivity contribution in [3.05, 3.63) is 34.1 Å². The van der Waals surface area contributed by atoms with Crippen LogP contribution in [0, 0.1) is 5.82 Å². The number of hydrogen-bond donors (Lipinski definition) is 3. The Bertz CT molecular complexity index is 466. The predicted octanol–water partition coefficient (Wildman–Crippen LogP) is 1.15. The van der Waals surface area contributed by atoms with Gasteiger partial charge in [-0.1, -0.05) is 15.9 Å². The first-order valence-electron chi connectivity index (χ1n) is 5.06. The summed E-state index contributed by atoms with van der Waals surface area (Å²) in [6.07, 6.45) is -1.68. The topological polar surface area (TPSA) is 86.6 Å². The number of nitrogens with one attached hydrogen (secondary N) is 1. The average Bonchev–Trinajstić information content (AvgIpc) is 2.28. The van der Waals surface area contributed by atoms with E-state index in [9.17, 15) is 14.0 Å². The summed E-state index contributed by atoms with van der Waals surface area (Å²) in [5.74, 6) is -2.70. The highest BCUT2D eigenvalue weighted by Gasteiger charge is 2.15. The van der Waals surface area contributed by atoms with E-state index < -0.39 is 23.8 Å². The maximum absolute atomic E-state index is 13.4. The van der Waals surface area contributed by atoms with Crippen molar-refractivity contribution >= 4 is 27.8 Å². The van der Waals surface area contributed by atoms with Crippen LogP contribution in [0.5, 0.6) is 0 Å². The van der Waals surface area contributed by atoms with Crippen LogP contribution in [0.15, 0.2) is 22.7 Å². The summed E-state index contributed by atoms with van der Waals surface area (Å²) >= 11 is 3.06. The number of aliphatic hydroxyl groups is 1. The van der Waals surface area contributed by atoms with Gasteiger partial charge in [0.25, 0.3) is 5.91 Å². The Morgan fingerprint density at radius 2 is 2.11 bits per heavy atom. The standard InChI is InChI=1S/C11H11BrFNO4/c12-6-1-2-7(8(13)5-6)10(16)14-4-3-9(15)11(17)18/h1-2,5,9,15H,3-4H2,(H,14,16)(H,17,18). The summed E-state index contributed by atoms with van der Waals surface area (Å²) in [4.78, 5) is 21.8. The van der Waals surface area contributed by atoms with E-state index >= 15 is 0 Å².